The van der Waals surface area contributed by atoms with Gasteiger partial charge in [-0.1, -0.05) is 0 Å². The van der Waals surface area contributed by atoms with Gasteiger partial charge < -0.3 is 14.4 Å². The number of anilines is 1. The Balaban J connectivity index is 1.75. The van der Waals surface area contributed by atoms with Gasteiger partial charge in [-0.3, -0.25) is 0 Å². The van der Waals surface area contributed by atoms with Crippen molar-refractivity contribution in [1.82, 2.24) is 19.7 Å². The van der Waals surface area contributed by atoms with Crippen molar-refractivity contribution in [3.8, 4) is 11.4 Å². The molecule has 0 radical (unpaired) electrons. The van der Waals surface area contributed by atoms with Crippen LogP contribution >= 0.6 is 0 Å². The Morgan fingerprint density at radius 2 is 1.80 bits per heavy atom. The summed E-state index contributed by atoms with van der Waals surface area (Å²) in [4.78, 5) is 11.2. The van der Waals surface area contributed by atoms with Crippen LogP contribution in [0.15, 0.2) is 36.8 Å². The van der Waals surface area contributed by atoms with E-state index < -0.39 is 0 Å². The van der Waals surface area contributed by atoms with Crippen molar-refractivity contribution in [2.24, 2.45) is 0 Å². The predicted octanol–water partition coefficient (Wildman–Crippen LogP) is 2.44. The molecule has 25 heavy (non-hydrogen) atoms. The zero-order valence-corrected chi connectivity index (χ0v) is 14.6. The van der Waals surface area contributed by atoms with Crippen molar-refractivity contribution in [2.45, 2.75) is 26.1 Å². The molecule has 1 aromatic carbocycles. The maximum Gasteiger partial charge on any atom is 0.168 e. The summed E-state index contributed by atoms with van der Waals surface area (Å²) in [6.45, 7) is 5.79. The molecule has 1 saturated heterocycles. The maximum absolute atomic E-state index is 5.83. The Kier molecular flexibility index (Phi) is 4.01. The van der Waals surface area contributed by atoms with Crippen LogP contribution in [0.5, 0.6) is 5.75 Å². The minimum Gasteiger partial charge on any atom is -0.497 e. The van der Waals surface area contributed by atoms with E-state index in [4.69, 9.17) is 9.47 Å². The van der Waals surface area contributed by atoms with Crippen molar-refractivity contribution in [3.63, 3.8) is 0 Å². The number of benzene rings is 1. The first-order chi connectivity index (χ1) is 12.2. The first kappa shape index (κ1) is 15.8. The van der Waals surface area contributed by atoms with Gasteiger partial charge in [0.1, 0.15) is 17.9 Å². The molecule has 0 spiro atoms. The molecular weight excluding hydrogens is 318 g/mol. The zero-order chi connectivity index (χ0) is 17.4. The van der Waals surface area contributed by atoms with Gasteiger partial charge in [-0.05, 0) is 38.1 Å². The summed E-state index contributed by atoms with van der Waals surface area (Å²) in [5.41, 5.74) is 1.73. The SMILES string of the molecule is COc1ccc(-n2ncc3c(N4C[C@@H](C)O[C@@H](C)C4)ncnc32)cc1. The van der Waals surface area contributed by atoms with E-state index >= 15 is 0 Å². The predicted molar refractivity (Wildman–Crippen MR) is 95.4 cm³/mol. The molecule has 3 aromatic rings. The molecule has 0 amide bonds. The van der Waals surface area contributed by atoms with Crippen molar-refractivity contribution < 1.29 is 9.47 Å². The van der Waals surface area contributed by atoms with Gasteiger partial charge >= 0.3 is 0 Å². The van der Waals surface area contributed by atoms with Crippen molar-refractivity contribution in [3.05, 3.63) is 36.8 Å². The summed E-state index contributed by atoms with van der Waals surface area (Å²) in [5, 5.41) is 5.47. The number of ether oxygens (including phenoxy) is 2. The van der Waals surface area contributed by atoms with Gasteiger partial charge in [0.05, 0.1) is 36.6 Å². The third-order valence-corrected chi connectivity index (χ3v) is 4.38. The van der Waals surface area contributed by atoms with Crippen LogP contribution in [-0.2, 0) is 4.74 Å². The summed E-state index contributed by atoms with van der Waals surface area (Å²) in [6.07, 6.45) is 3.78. The molecule has 1 fully saturated rings. The molecule has 7 heteroatoms. The van der Waals surface area contributed by atoms with Crippen LogP contribution < -0.4 is 9.64 Å². The fraction of sp³-hybridized carbons (Fsp3) is 0.389. The number of rotatable bonds is 3. The monoisotopic (exact) mass is 339 g/mol. The lowest BCUT2D eigenvalue weighted by atomic mass is 10.2. The van der Waals surface area contributed by atoms with Crippen LogP contribution in [0.2, 0.25) is 0 Å². The summed E-state index contributed by atoms with van der Waals surface area (Å²) in [7, 11) is 1.65. The molecule has 4 rings (SSSR count). The minimum atomic E-state index is 0.172. The molecule has 0 aliphatic carbocycles. The van der Waals surface area contributed by atoms with Crippen LogP contribution in [0.3, 0.4) is 0 Å². The van der Waals surface area contributed by atoms with E-state index in [-0.39, 0.29) is 12.2 Å². The molecule has 1 aliphatic heterocycles. The van der Waals surface area contributed by atoms with Gasteiger partial charge in [0.15, 0.2) is 5.65 Å². The summed E-state index contributed by atoms with van der Waals surface area (Å²) >= 11 is 0. The van der Waals surface area contributed by atoms with Crippen LogP contribution in [0.4, 0.5) is 5.82 Å². The van der Waals surface area contributed by atoms with E-state index in [1.807, 2.05) is 35.1 Å². The second-order valence-corrected chi connectivity index (χ2v) is 6.35. The first-order valence-corrected chi connectivity index (χ1v) is 8.39. The molecule has 2 aromatic heterocycles. The highest BCUT2D eigenvalue weighted by Gasteiger charge is 2.25. The van der Waals surface area contributed by atoms with E-state index in [0.717, 1.165) is 41.4 Å². The first-order valence-electron chi connectivity index (χ1n) is 8.39. The molecule has 0 bridgehead atoms. The van der Waals surface area contributed by atoms with E-state index in [1.54, 1.807) is 13.4 Å². The Bertz CT molecular complexity index is 867. The Morgan fingerprint density at radius 3 is 2.48 bits per heavy atom. The number of nitrogens with zero attached hydrogens (tertiary/aromatic N) is 5. The van der Waals surface area contributed by atoms with E-state index in [2.05, 4.69) is 33.8 Å². The lowest BCUT2D eigenvalue weighted by molar-refractivity contribution is -0.00537. The van der Waals surface area contributed by atoms with Gasteiger partial charge in [0, 0.05) is 13.1 Å². The highest BCUT2D eigenvalue weighted by atomic mass is 16.5. The quantitative estimate of drug-likeness (QED) is 0.730. The average molecular weight is 339 g/mol. The van der Waals surface area contributed by atoms with E-state index in [9.17, 15) is 0 Å². The Labute approximate surface area is 146 Å². The molecule has 7 nitrogen and oxygen atoms in total. The second kappa shape index (κ2) is 6.33. The number of fused-ring (bicyclic) bond motifs is 1. The number of methoxy groups -OCH3 is 1. The van der Waals surface area contributed by atoms with Crippen molar-refractivity contribution in [1.29, 1.82) is 0 Å². The van der Waals surface area contributed by atoms with Crippen LogP contribution in [0.1, 0.15) is 13.8 Å². The van der Waals surface area contributed by atoms with Gasteiger partial charge in [0.2, 0.25) is 0 Å². The summed E-state index contributed by atoms with van der Waals surface area (Å²) in [6, 6.07) is 7.75. The van der Waals surface area contributed by atoms with Gasteiger partial charge in [-0.25, -0.2) is 14.6 Å². The normalized spacial score (nSPS) is 20.8. The van der Waals surface area contributed by atoms with Crippen LogP contribution in [-0.4, -0.2) is 52.2 Å². The largest absolute Gasteiger partial charge is 0.497 e. The van der Waals surface area contributed by atoms with E-state index in [1.165, 1.54) is 0 Å². The molecule has 3 heterocycles. The highest BCUT2D eigenvalue weighted by molar-refractivity contribution is 5.87. The molecule has 0 saturated carbocycles. The lowest BCUT2D eigenvalue weighted by Gasteiger charge is -2.36. The van der Waals surface area contributed by atoms with Gasteiger partial charge in [-0.2, -0.15) is 5.10 Å². The smallest absolute Gasteiger partial charge is 0.168 e. The second-order valence-electron chi connectivity index (χ2n) is 6.35. The molecular formula is C18H21N5O2. The molecule has 0 N–H and O–H groups in total. The highest BCUT2D eigenvalue weighted by Crippen LogP contribution is 2.27. The molecule has 130 valence electrons. The zero-order valence-electron chi connectivity index (χ0n) is 14.6. The summed E-state index contributed by atoms with van der Waals surface area (Å²) in [5.74, 6) is 1.72. The number of hydrogen-bond acceptors (Lipinski definition) is 6. The van der Waals surface area contributed by atoms with Gasteiger partial charge in [-0.15, -0.1) is 0 Å². The lowest BCUT2D eigenvalue weighted by Crippen LogP contribution is -2.45. The number of morpholine rings is 1. The van der Waals surface area contributed by atoms with Crippen LogP contribution in [0.25, 0.3) is 16.7 Å². The molecule has 0 unspecified atom stereocenters. The molecule has 2 atom stereocenters. The minimum absolute atomic E-state index is 0.172. The maximum atomic E-state index is 5.83. The fourth-order valence-corrected chi connectivity index (χ4v) is 3.35. The Hall–Kier alpha value is -2.67. The molecule has 1 aliphatic rings. The summed E-state index contributed by atoms with van der Waals surface area (Å²) < 4.78 is 12.9. The topological polar surface area (TPSA) is 65.3 Å². The third kappa shape index (κ3) is 2.91. The van der Waals surface area contributed by atoms with Gasteiger partial charge in [0.25, 0.3) is 0 Å². The standard InChI is InChI=1S/C18H21N5O2/c1-12-9-22(10-13(2)25-12)17-16-8-21-23(18(16)20-11-19-17)14-4-6-15(24-3)7-5-14/h4-8,11-13H,9-10H2,1-3H3/t12-,13+. The fourth-order valence-electron chi connectivity index (χ4n) is 3.35. The Morgan fingerprint density at radius 1 is 1.08 bits per heavy atom. The number of hydrogen-bond donors (Lipinski definition) is 0. The van der Waals surface area contributed by atoms with Crippen molar-refractivity contribution in [2.75, 3.05) is 25.1 Å². The van der Waals surface area contributed by atoms with Crippen LogP contribution in [0, 0.1) is 0 Å². The third-order valence-electron chi connectivity index (χ3n) is 4.38. The number of aromatic nitrogens is 4. The van der Waals surface area contributed by atoms with Crippen molar-refractivity contribution >= 4 is 16.9 Å². The average Bonchev–Trinajstić information content (AvgIpc) is 3.05. The van der Waals surface area contributed by atoms with E-state index in [0.29, 0.717) is 0 Å².